The second-order valence-corrected chi connectivity index (χ2v) is 4.39. The number of ether oxygens (including phenoxy) is 1. The lowest BCUT2D eigenvalue weighted by Crippen LogP contribution is -2.38. The summed E-state index contributed by atoms with van der Waals surface area (Å²) >= 11 is 0. The minimum absolute atomic E-state index is 0.232. The van der Waals surface area contributed by atoms with E-state index in [4.69, 9.17) is 9.84 Å². The Kier molecular flexibility index (Phi) is 6.29. The van der Waals surface area contributed by atoms with Crippen LogP contribution in [0, 0.1) is 12.7 Å². The summed E-state index contributed by atoms with van der Waals surface area (Å²) in [6, 6.07) is 3.99. The number of carbonyl (C=O) groups is 1. The van der Waals surface area contributed by atoms with E-state index in [1.807, 2.05) is 6.92 Å². The first kappa shape index (κ1) is 15.4. The zero-order valence-corrected chi connectivity index (χ0v) is 11.3. The highest BCUT2D eigenvalue weighted by molar-refractivity contribution is 5.73. The minimum atomic E-state index is -0.896. The van der Waals surface area contributed by atoms with Crippen LogP contribution in [0.4, 0.5) is 4.39 Å². The van der Waals surface area contributed by atoms with Gasteiger partial charge in [0.05, 0.1) is 6.61 Å². The molecule has 0 spiro atoms. The van der Waals surface area contributed by atoms with E-state index in [9.17, 15) is 9.18 Å². The lowest BCUT2D eigenvalue weighted by Gasteiger charge is -2.14. The topological polar surface area (TPSA) is 58.6 Å². The van der Waals surface area contributed by atoms with Crippen molar-refractivity contribution in [3.8, 4) is 5.75 Å². The number of nitrogens with one attached hydrogen (secondary N) is 1. The molecule has 106 valence electrons. The third-order valence-corrected chi connectivity index (χ3v) is 2.76. The Morgan fingerprint density at radius 3 is 2.84 bits per heavy atom. The van der Waals surface area contributed by atoms with Gasteiger partial charge in [-0.3, -0.25) is 4.79 Å². The largest absolute Gasteiger partial charge is 0.493 e. The lowest BCUT2D eigenvalue weighted by molar-refractivity contribution is -0.139. The van der Waals surface area contributed by atoms with Crippen molar-refractivity contribution in [1.29, 1.82) is 0 Å². The van der Waals surface area contributed by atoms with Crippen molar-refractivity contribution in [1.82, 2.24) is 5.32 Å². The van der Waals surface area contributed by atoms with Crippen molar-refractivity contribution in [2.75, 3.05) is 13.2 Å². The molecule has 0 bridgehead atoms. The molecule has 4 nitrogen and oxygen atoms in total. The summed E-state index contributed by atoms with van der Waals surface area (Å²) in [5.41, 5.74) is 0.556. The van der Waals surface area contributed by atoms with Crippen LogP contribution in [0.2, 0.25) is 0 Å². The molecule has 0 aliphatic carbocycles. The second kappa shape index (κ2) is 7.74. The number of benzene rings is 1. The second-order valence-electron chi connectivity index (χ2n) is 4.39. The van der Waals surface area contributed by atoms with Crippen LogP contribution in [-0.2, 0) is 4.79 Å². The molecule has 0 saturated heterocycles. The Balaban J connectivity index is 2.42. The molecule has 0 fully saturated rings. The fourth-order valence-electron chi connectivity index (χ4n) is 1.59. The number of halogens is 1. The van der Waals surface area contributed by atoms with E-state index in [0.717, 1.165) is 6.42 Å². The molecule has 0 heterocycles. The van der Waals surface area contributed by atoms with Crippen molar-refractivity contribution in [3.63, 3.8) is 0 Å². The normalized spacial score (nSPS) is 12.2. The van der Waals surface area contributed by atoms with Crippen molar-refractivity contribution >= 4 is 5.97 Å². The first-order valence-electron chi connectivity index (χ1n) is 6.39. The molecule has 5 heteroatoms. The van der Waals surface area contributed by atoms with E-state index in [1.54, 1.807) is 19.1 Å². The van der Waals surface area contributed by atoms with E-state index in [0.29, 0.717) is 24.3 Å². The summed E-state index contributed by atoms with van der Waals surface area (Å²) in [5.74, 6) is -0.800. The standard InChI is InChI=1S/C14H20FNO3/c1-3-7-16-13(14(17)18)6-8-19-11-5-4-10(2)12(15)9-11/h4-5,9,13,16H,3,6-8H2,1-2H3,(H,17,18). The molecule has 1 unspecified atom stereocenters. The van der Waals surface area contributed by atoms with Crippen molar-refractivity contribution < 1.29 is 19.0 Å². The summed E-state index contributed by atoms with van der Waals surface area (Å²) in [4.78, 5) is 11.0. The highest BCUT2D eigenvalue weighted by atomic mass is 19.1. The van der Waals surface area contributed by atoms with Crippen molar-refractivity contribution in [3.05, 3.63) is 29.6 Å². The molecule has 1 aromatic carbocycles. The number of rotatable bonds is 8. The number of aryl methyl sites for hydroxylation is 1. The first-order chi connectivity index (χ1) is 9.04. The van der Waals surface area contributed by atoms with Crippen molar-refractivity contribution in [2.45, 2.75) is 32.7 Å². The zero-order valence-electron chi connectivity index (χ0n) is 11.3. The zero-order chi connectivity index (χ0) is 14.3. The highest BCUT2D eigenvalue weighted by Gasteiger charge is 2.16. The van der Waals surface area contributed by atoms with E-state index in [-0.39, 0.29) is 12.4 Å². The molecule has 2 N–H and O–H groups in total. The molecule has 0 amide bonds. The third kappa shape index (κ3) is 5.26. The summed E-state index contributed by atoms with van der Waals surface area (Å²) in [5, 5.41) is 11.9. The molecule has 1 aromatic rings. The molecule has 0 aromatic heterocycles. The van der Waals surface area contributed by atoms with Gasteiger partial charge in [-0.1, -0.05) is 13.0 Å². The lowest BCUT2D eigenvalue weighted by atomic mass is 10.2. The van der Waals surface area contributed by atoms with Gasteiger partial charge in [-0.05, 0) is 31.5 Å². The first-order valence-corrected chi connectivity index (χ1v) is 6.39. The van der Waals surface area contributed by atoms with Gasteiger partial charge < -0.3 is 15.2 Å². The Morgan fingerprint density at radius 2 is 2.26 bits per heavy atom. The molecule has 0 aliphatic heterocycles. The van der Waals surface area contributed by atoms with Crippen LogP contribution in [0.15, 0.2) is 18.2 Å². The summed E-state index contributed by atoms with van der Waals surface area (Å²) < 4.78 is 18.6. The summed E-state index contributed by atoms with van der Waals surface area (Å²) in [6.07, 6.45) is 1.21. The van der Waals surface area contributed by atoms with Crippen LogP contribution in [0.25, 0.3) is 0 Å². The van der Waals surface area contributed by atoms with Crippen LogP contribution in [-0.4, -0.2) is 30.3 Å². The molecule has 0 aliphatic rings. The minimum Gasteiger partial charge on any atom is -0.493 e. The summed E-state index contributed by atoms with van der Waals surface area (Å²) in [7, 11) is 0. The van der Waals surface area contributed by atoms with Gasteiger partial charge in [-0.2, -0.15) is 0 Å². The van der Waals surface area contributed by atoms with Crippen LogP contribution in [0.1, 0.15) is 25.3 Å². The SMILES string of the molecule is CCCNC(CCOc1ccc(C)c(F)c1)C(=O)O. The highest BCUT2D eigenvalue weighted by Crippen LogP contribution is 2.16. The van der Waals surface area contributed by atoms with Gasteiger partial charge in [0, 0.05) is 12.5 Å². The number of carboxylic acids is 1. The fourth-order valence-corrected chi connectivity index (χ4v) is 1.59. The van der Waals surface area contributed by atoms with Gasteiger partial charge in [0.25, 0.3) is 0 Å². The van der Waals surface area contributed by atoms with Gasteiger partial charge in [0.15, 0.2) is 0 Å². The molecular weight excluding hydrogens is 249 g/mol. The molecule has 1 rings (SSSR count). The number of hydrogen-bond donors (Lipinski definition) is 2. The van der Waals surface area contributed by atoms with Crippen molar-refractivity contribution in [2.24, 2.45) is 0 Å². The average molecular weight is 269 g/mol. The van der Waals surface area contributed by atoms with Gasteiger partial charge in [0.2, 0.25) is 0 Å². The van der Waals surface area contributed by atoms with Crippen LogP contribution in [0.3, 0.4) is 0 Å². The van der Waals surface area contributed by atoms with Crippen LogP contribution >= 0.6 is 0 Å². The maximum Gasteiger partial charge on any atom is 0.320 e. The predicted octanol–water partition coefficient (Wildman–Crippen LogP) is 2.36. The maximum atomic E-state index is 13.3. The third-order valence-electron chi connectivity index (χ3n) is 2.76. The van der Waals surface area contributed by atoms with Crippen LogP contribution in [0.5, 0.6) is 5.75 Å². The number of hydrogen-bond acceptors (Lipinski definition) is 3. The molecule has 0 radical (unpaired) electrons. The molecule has 0 saturated carbocycles. The fraction of sp³-hybridized carbons (Fsp3) is 0.500. The Morgan fingerprint density at radius 1 is 1.53 bits per heavy atom. The molecule has 1 atom stereocenters. The smallest absolute Gasteiger partial charge is 0.320 e. The van der Waals surface area contributed by atoms with Gasteiger partial charge in [-0.25, -0.2) is 4.39 Å². The van der Waals surface area contributed by atoms with E-state index >= 15 is 0 Å². The van der Waals surface area contributed by atoms with E-state index in [1.165, 1.54) is 6.07 Å². The quantitative estimate of drug-likeness (QED) is 0.760. The molecule has 19 heavy (non-hydrogen) atoms. The van der Waals surface area contributed by atoms with E-state index in [2.05, 4.69) is 5.32 Å². The Bertz CT molecular complexity index is 423. The number of carboxylic acid groups (broad SMARTS) is 1. The maximum absolute atomic E-state index is 13.3. The predicted molar refractivity (Wildman–Crippen MR) is 71.0 cm³/mol. The summed E-state index contributed by atoms with van der Waals surface area (Å²) in [6.45, 7) is 4.53. The van der Waals surface area contributed by atoms with Crippen LogP contribution < -0.4 is 10.1 Å². The monoisotopic (exact) mass is 269 g/mol. The van der Waals surface area contributed by atoms with Gasteiger partial charge >= 0.3 is 5.97 Å². The number of aliphatic carboxylic acids is 1. The average Bonchev–Trinajstić information content (AvgIpc) is 2.37. The van der Waals surface area contributed by atoms with Gasteiger partial charge in [-0.15, -0.1) is 0 Å². The Labute approximate surface area is 112 Å². The van der Waals surface area contributed by atoms with E-state index < -0.39 is 12.0 Å². The van der Waals surface area contributed by atoms with Gasteiger partial charge in [0.1, 0.15) is 17.6 Å². The Hall–Kier alpha value is -1.62. The molecular formula is C14H20FNO3.